The van der Waals surface area contributed by atoms with Gasteiger partial charge in [-0.2, -0.15) is 0 Å². The van der Waals surface area contributed by atoms with Gasteiger partial charge in [0.2, 0.25) is 0 Å². The maximum Gasteiger partial charge on any atom is 0.336 e. The first-order chi connectivity index (χ1) is 8.69. The Balaban J connectivity index is 2.43. The molecule has 0 spiro atoms. The monoisotopic (exact) mass is 247 g/mol. The molecule has 2 heterocycles. The van der Waals surface area contributed by atoms with Crippen molar-refractivity contribution in [2.45, 2.75) is 6.04 Å². The lowest BCUT2D eigenvalue weighted by molar-refractivity contribution is -0.147. The molecule has 2 rings (SSSR count). The zero-order chi connectivity index (χ0) is 13.1. The Labute approximate surface area is 105 Å². The number of ether oxygens (including phenoxy) is 2. The molecule has 0 N–H and O–H groups in total. The standard InChI is InChI=1S/C13H13NO4/c1-17-12(15)10-7-6-9-5-3-4-8-14(9)11(10)13(16)18-2/h3-8,11H,1-2H3. The van der Waals surface area contributed by atoms with Gasteiger partial charge in [0.05, 0.1) is 19.8 Å². The topological polar surface area (TPSA) is 55.8 Å². The van der Waals surface area contributed by atoms with E-state index >= 15 is 0 Å². The minimum absolute atomic E-state index is 0.257. The SMILES string of the molecule is COC(=O)C1=CC=C2C=CC=CN2C1C(=O)OC. The van der Waals surface area contributed by atoms with Crippen molar-refractivity contribution in [3.8, 4) is 0 Å². The Kier molecular flexibility index (Phi) is 3.32. The molecule has 0 aliphatic carbocycles. The summed E-state index contributed by atoms with van der Waals surface area (Å²) in [6, 6.07) is -0.802. The lowest BCUT2D eigenvalue weighted by atomic mass is 9.99. The Hall–Kier alpha value is -2.30. The van der Waals surface area contributed by atoms with Gasteiger partial charge < -0.3 is 14.4 Å². The Morgan fingerprint density at radius 1 is 1.17 bits per heavy atom. The second-order valence-corrected chi connectivity index (χ2v) is 3.74. The zero-order valence-corrected chi connectivity index (χ0v) is 10.1. The predicted octanol–water partition coefficient (Wildman–Crippen LogP) is 0.910. The molecule has 2 aliphatic rings. The van der Waals surface area contributed by atoms with Crippen molar-refractivity contribution in [3.05, 3.63) is 47.9 Å². The van der Waals surface area contributed by atoms with Crippen molar-refractivity contribution >= 4 is 11.9 Å². The lowest BCUT2D eigenvalue weighted by Gasteiger charge is -2.33. The smallest absolute Gasteiger partial charge is 0.336 e. The van der Waals surface area contributed by atoms with Crippen molar-refractivity contribution in [2.24, 2.45) is 0 Å². The van der Waals surface area contributed by atoms with Crippen LogP contribution in [0.1, 0.15) is 0 Å². The minimum Gasteiger partial charge on any atom is -0.467 e. The first-order valence-corrected chi connectivity index (χ1v) is 5.40. The number of hydrogen-bond acceptors (Lipinski definition) is 5. The quantitative estimate of drug-likeness (QED) is 0.679. The van der Waals surface area contributed by atoms with Crippen molar-refractivity contribution in [3.63, 3.8) is 0 Å². The van der Waals surface area contributed by atoms with E-state index in [1.165, 1.54) is 14.2 Å². The number of carbonyl (C=O) groups excluding carboxylic acids is 2. The van der Waals surface area contributed by atoms with Gasteiger partial charge in [-0.1, -0.05) is 6.08 Å². The number of carbonyl (C=O) groups is 2. The fourth-order valence-corrected chi connectivity index (χ4v) is 1.91. The highest BCUT2D eigenvalue weighted by Crippen LogP contribution is 2.27. The molecule has 2 aliphatic heterocycles. The second kappa shape index (κ2) is 4.91. The molecule has 0 saturated heterocycles. The van der Waals surface area contributed by atoms with E-state index in [9.17, 15) is 9.59 Å². The number of allylic oxidation sites excluding steroid dienone is 5. The van der Waals surface area contributed by atoms with Gasteiger partial charge in [-0.15, -0.1) is 0 Å². The van der Waals surface area contributed by atoms with Gasteiger partial charge in [0.1, 0.15) is 0 Å². The van der Waals surface area contributed by atoms with Crippen LogP contribution in [0, 0.1) is 0 Å². The number of fused-ring (bicyclic) bond motifs is 1. The molecular formula is C13H13NO4. The molecule has 1 atom stereocenters. The van der Waals surface area contributed by atoms with Gasteiger partial charge in [0, 0.05) is 11.9 Å². The summed E-state index contributed by atoms with van der Waals surface area (Å²) in [5.74, 6) is -1.04. The van der Waals surface area contributed by atoms with Crippen molar-refractivity contribution in [1.29, 1.82) is 0 Å². The van der Waals surface area contributed by atoms with E-state index in [0.717, 1.165) is 5.70 Å². The van der Waals surface area contributed by atoms with Crippen LogP contribution in [0.5, 0.6) is 0 Å². The van der Waals surface area contributed by atoms with Gasteiger partial charge in [0.25, 0.3) is 0 Å². The van der Waals surface area contributed by atoms with Crippen LogP contribution in [-0.4, -0.2) is 37.1 Å². The van der Waals surface area contributed by atoms with Gasteiger partial charge >= 0.3 is 11.9 Å². The molecule has 0 aromatic heterocycles. The maximum absolute atomic E-state index is 11.9. The molecule has 0 saturated carbocycles. The van der Waals surface area contributed by atoms with Gasteiger partial charge in [-0.25, -0.2) is 9.59 Å². The number of rotatable bonds is 2. The average molecular weight is 247 g/mol. The summed E-state index contributed by atoms with van der Waals surface area (Å²) in [6.07, 6.45) is 10.6. The van der Waals surface area contributed by atoms with Crippen molar-refractivity contribution in [2.75, 3.05) is 14.2 Å². The Bertz CT molecular complexity index is 499. The van der Waals surface area contributed by atoms with E-state index in [1.54, 1.807) is 29.3 Å². The third-order valence-electron chi connectivity index (χ3n) is 2.77. The van der Waals surface area contributed by atoms with E-state index < -0.39 is 18.0 Å². The van der Waals surface area contributed by atoms with Crippen molar-refractivity contribution < 1.29 is 19.1 Å². The fourth-order valence-electron chi connectivity index (χ4n) is 1.91. The van der Waals surface area contributed by atoms with E-state index in [0.29, 0.717) is 0 Å². The fraction of sp³-hybridized carbons (Fsp3) is 0.231. The average Bonchev–Trinajstić information content (AvgIpc) is 2.44. The van der Waals surface area contributed by atoms with E-state index in [-0.39, 0.29) is 5.57 Å². The first-order valence-electron chi connectivity index (χ1n) is 5.40. The van der Waals surface area contributed by atoms with Crippen LogP contribution in [0.15, 0.2) is 47.9 Å². The number of nitrogens with zero attached hydrogens (tertiary/aromatic N) is 1. The third kappa shape index (κ3) is 1.95. The molecule has 1 unspecified atom stereocenters. The summed E-state index contributed by atoms with van der Waals surface area (Å²) < 4.78 is 9.43. The molecule has 5 nitrogen and oxygen atoms in total. The predicted molar refractivity (Wildman–Crippen MR) is 64.1 cm³/mol. The normalized spacial score (nSPS) is 20.8. The molecule has 0 aromatic rings. The molecular weight excluding hydrogens is 234 g/mol. The summed E-state index contributed by atoms with van der Waals surface area (Å²) in [4.78, 5) is 25.2. The highest BCUT2D eigenvalue weighted by Gasteiger charge is 2.36. The summed E-state index contributed by atoms with van der Waals surface area (Å²) in [6.45, 7) is 0. The Morgan fingerprint density at radius 3 is 2.61 bits per heavy atom. The summed E-state index contributed by atoms with van der Waals surface area (Å²) >= 11 is 0. The molecule has 0 fully saturated rings. The van der Waals surface area contributed by atoms with Crippen LogP contribution in [0.25, 0.3) is 0 Å². The van der Waals surface area contributed by atoms with Crippen molar-refractivity contribution in [1.82, 2.24) is 4.90 Å². The molecule has 0 bridgehead atoms. The molecule has 0 radical (unpaired) electrons. The van der Waals surface area contributed by atoms with Crippen LogP contribution >= 0.6 is 0 Å². The summed E-state index contributed by atoms with van der Waals surface area (Å²) in [5, 5.41) is 0. The van der Waals surface area contributed by atoms with Crippen LogP contribution in [0.2, 0.25) is 0 Å². The highest BCUT2D eigenvalue weighted by molar-refractivity contribution is 5.98. The van der Waals surface area contributed by atoms with Crippen LogP contribution in [-0.2, 0) is 19.1 Å². The third-order valence-corrected chi connectivity index (χ3v) is 2.77. The van der Waals surface area contributed by atoms with Gasteiger partial charge in [-0.3, -0.25) is 0 Å². The number of hydrogen-bond donors (Lipinski definition) is 0. The highest BCUT2D eigenvalue weighted by atomic mass is 16.5. The van der Waals surface area contributed by atoms with Crippen LogP contribution in [0.4, 0.5) is 0 Å². The van der Waals surface area contributed by atoms with Crippen LogP contribution < -0.4 is 0 Å². The zero-order valence-electron chi connectivity index (χ0n) is 10.1. The van der Waals surface area contributed by atoms with Gasteiger partial charge in [-0.05, 0) is 24.3 Å². The maximum atomic E-state index is 11.9. The van der Waals surface area contributed by atoms with E-state index in [1.807, 2.05) is 12.2 Å². The largest absolute Gasteiger partial charge is 0.467 e. The molecule has 18 heavy (non-hydrogen) atoms. The summed E-state index contributed by atoms with van der Waals surface area (Å²) in [7, 11) is 2.57. The first kappa shape index (κ1) is 12.2. The van der Waals surface area contributed by atoms with Crippen LogP contribution in [0.3, 0.4) is 0 Å². The minimum atomic E-state index is -0.802. The molecule has 5 heteroatoms. The van der Waals surface area contributed by atoms with E-state index in [4.69, 9.17) is 4.74 Å². The lowest BCUT2D eigenvalue weighted by Crippen LogP contribution is -2.43. The molecule has 0 amide bonds. The molecule has 0 aromatic carbocycles. The van der Waals surface area contributed by atoms with Gasteiger partial charge in [0.15, 0.2) is 6.04 Å². The van der Waals surface area contributed by atoms with E-state index in [2.05, 4.69) is 4.74 Å². The number of methoxy groups -OCH3 is 2. The Morgan fingerprint density at radius 2 is 1.94 bits per heavy atom. The summed E-state index contributed by atoms with van der Waals surface area (Å²) in [5.41, 5.74) is 1.08. The number of esters is 2. The molecule has 94 valence electrons. The second-order valence-electron chi connectivity index (χ2n) is 3.74.